The summed E-state index contributed by atoms with van der Waals surface area (Å²) >= 11 is 0. The zero-order valence-electron chi connectivity index (χ0n) is 12.9. The molecule has 0 bridgehead atoms. The number of hydrogen-bond acceptors (Lipinski definition) is 2. The highest BCUT2D eigenvalue weighted by molar-refractivity contribution is 5.49. The summed E-state index contributed by atoms with van der Waals surface area (Å²) in [5.74, 6) is 0.713. The second kappa shape index (κ2) is 6.57. The summed E-state index contributed by atoms with van der Waals surface area (Å²) in [6.45, 7) is 4.14. The lowest BCUT2D eigenvalue weighted by Gasteiger charge is -2.36. The fourth-order valence-electron chi connectivity index (χ4n) is 3.23. The number of nitrogens with zero attached hydrogens (tertiary/aromatic N) is 1. The Hall–Kier alpha value is -1.09. The maximum atomic E-state index is 14.3. The Labute approximate surface area is 122 Å². The Kier molecular flexibility index (Phi) is 5.03. The first kappa shape index (κ1) is 15.3. The lowest BCUT2D eigenvalue weighted by atomic mass is 9.84. The third kappa shape index (κ3) is 3.32. The van der Waals surface area contributed by atoms with E-state index < -0.39 is 0 Å². The molecule has 2 N–H and O–H groups in total. The average molecular weight is 278 g/mol. The number of benzene rings is 1. The highest BCUT2D eigenvalue weighted by atomic mass is 19.1. The van der Waals surface area contributed by atoms with Gasteiger partial charge in [-0.3, -0.25) is 0 Å². The first-order valence-corrected chi connectivity index (χ1v) is 7.80. The van der Waals surface area contributed by atoms with Crippen molar-refractivity contribution in [2.24, 2.45) is 11.7 Å². The minimum atomic E-state index is -0.153. The van der Waals surface area contributed by atoms with E-state index in [1.807, 2.05) is 26.1 Å². The van der Waals surface area contributed by atoms with Gasteiger partial charge in [-0.05, 0) is 56.2 Å². The van der Waals surface area contributed by atoms with Crippen molar-refractivity contribution in [1.29, 1.82) is 0 Å². The summed E-state index contributed by atoms with van der Waals surface area (Å²) in [4.78, 5) is 2.12. The van der Waals surface area contributed by atoms with Gasteiger partial charge in [0.1, 0.15) is 5.82 Å². The van der Waals surface area contributed by atoms with Crippen molar-refractivity contribution in [3.8, 4) is 0 Å². The van der Waals surface area contributed by atoms with Crippen LogP contribution in [0.15, 0.2) is 18.2 Å². The summed E-state index contributed by atoms with van der Waals surface area (Å²) in [5, 5.41) is 0. The first-order chi connectivity index (χ1) is 9.52. The molecule has 0 amide bonds. The Morgan fingerprint density at radius 3 is 2.45 bits per heavy atom. The fourth-order valence-corrected chi connectivity index (χ4v) is 3.23. The van der Waals surface area contributed by atoms with Gasteiger partial charge >= 0.3 is 0 Å². The van der Waals surface area contributed by atoms with E-state index in [1.54, 1.807) is 6.07 Å². The van der Waals surface area contributed by atoms with Crippen LogP contribution in [-0.2, 0) is 0 Å². The molecule has 0 saturated heterocycles. The van der Waals surface area contributed by atoms with Crippen molar-refractivity contribution < 1.29 is 4.39 Å². The molecule has 1 aliphatic carbocycles. The molecule has 3 heteroatoms. The van der Waals surface area contributed by atoms with Gasteiger partial charge in [0.05, 0.1) is 5.69 Å². The molecule has 1 aliphatic rings. The Balaban J connectivity index is 2.07. The molecule has 1 saturated carbocycles. The molecule has 1 aromatic carbocycles. The van der Waals surface area contributed by atoms with Crippen LogP contribution < -0.4 is 10.6 Å². The molecule has 2 rings (SSSR count). The lowest BCUT2D eigenvalue weighted by Crippen LogP contribution is -2.35. The SMILES string of the molecule is CCC1CCC(N(C)c2ccc(C(C)N)cc2F)CC1. The van der Waals surface area contributed by atoms with Gasteiger partial charge in [-0.1, -0.05) is 19.4 Å². The average Bonchev–Trinajstić information content (AvgIpc) is 2.46. The standard InChI is InChI=1S/C17H27FN2/c1-4-13-5-8-15(9-6-13)20(3)17-10-7-14(12(2)19)11-16(17)18/h7,10-13,15H,4-6,8-9,19H2,1-3H3. The van der Waals surface area contributed by atoms with E-state index in [1.165, 1.54) is 32.1 Å². The third-order valence-corrected chi connectivity index (χ3v) is 4.82. The molecule has 0 spiro atoms. The van der Waals surface area contributed by atoms with Crippen LogP contribution in [0.4, 0.5) is 10.1 Å². The zero-order valence-corrected chi connectivity index (χ0v) is 12.9. The van der Waals surface area contributed by atoms with Gasteiger partial charge in [-0.2, -0.15) is 0 Å². The number of rotatable bonds is 4. The minimum absolute atomic E-state index is 0.121. The van der Waals surface area contributed by atoms with E-state index in [2.05, 4.69) is 11.8 Å². The van der Waals surface area contributed by atoms with E-state index in [4.69, 9.17) is 5.73 Å². The van der Waals surface area contributed by atoms with Crippen LogP contribution in [0.3, 0.4) is 0 Å². The van der Waals surface area contributed by atoms with Gasteiger partial charge in [-0.15, -0.1) is 0 Å². The normalized spacial score (nSPS) is 24.4. The van der Waals surface area contributed by atoms with Crippen molar-refractivity contribution in [2.45, 2.75) is 58.0 Å². The largest absolute Gasteiger partial charge is 0.369 e. The molecule has 1 unspecified atom stereocenters. The van der Waals surface area contributed by atoms with Crippen molar-refractivity contribution >= 4 is 5.69 Å². The summed E-state index contributed by atoms with van der Waals surface area (Å²) < 4.78 is 14.3. The van der Waals surface area contributed by atoms with Crippen LogP contribution >= 0.6 is 0 Å². The van der Waals surface area contributed by atoms with Gasteiger partial charge in [0, 0.05) is 19.1 Å². The highest BCUT2D eigenvalue weighted by Crippen LogP contribution is 2.32. The van der Waals surface area contributed by atoms with Gasteiger partial charge < -0.3 is 10.6 Å². The van der Waals surface area contributed by atoms with E-state index in [0.29, 0.717) is 11.7 Å². The molecule has 0 radical (unpaired) electrons. The number of hydrogen-bond donors (Lipinski definition) is 1. The molecule has 0 aromatic heterocycles. The molecular weight excluding hydrogens is 251 g/mol. The molecule has 0 heterocycles. The van der Waals surface area contributed by atoms with Gasteiger partial charge in [0.2, 0.25) is 0 Å². The number of nitrogens with two attached hydrogens (primary N) is 1. The minimum Gasteiger partial charge on any atom is -0.369 e. The molecule has 1 aromatic rings. The Morgan fingerprint density at radius 2 is 1.95 bits per heavy atom. The summed E-state index contributed by atoms with van der Waals surface area (Å²) in [6.07, 6.45) is 6.15. The quantitative estimate of drug-likeness (QED) is 0.892. The highest BCUT2D eigenvalue weighted by Gasteiger charge is 2.24. The molecular formula is C17H27FN2. The molecule has 112 valence electrons. The van der Waals surface area contributed by atoms with Crippen LogP contribution in [-0.4, -0.2) is 13.1 Å². The molecule has 1 atom stereocenters. The maximum absolute atomic E-state index is 14.3. The topological polar surface area (TPSA) is 29.3 Å². The van der Waals surface area contributed by atoms with E-state index in [0.717, 1.165) is 11.5 Å². The monoisotopic (exact) mass is 278 g/mol. The van der Waals surface area contributed by atoms with Crippen molar-refractivity contribution in [3.63, 3.8) is 0 Å². The van der Waals surface area contributed by atoms with Crippen LogP contribution in [0.1, 0.15) is 57.6 Å². The summed E-state index contributed by atoms with van der Waals surface area (Å²) in [6, 6.07) is 5.74. The van der Waals surface area contributed by atoms with Crippen molar-refractivity contribution in [2.75, 3.05) is 11.9 Å². The van der Waals surface area contributed by atoms with Crippen molar-refractivity contribution in [1.82, 2.24) is 0 Å². The van der Waals surface area contributed by atoms with Crippen LogP contribution in [0.25, 0.3) is 0 Å². The smallest absolute Gasteiger partial charge is 0.146 e. The molecule has 1 fully saturated rings. The van der Waals surface area contributed by atoms with Crippen molar-refractivity contribution in [3.05, 3.63) is 29.6 Å². The van der Waals surface area contributed by atoms with Crippen LogP contribution in [0, 0.1) is 11.7 Å². The molecule has 20 heavy (non-hydrogen) atoms. The van der Waals surface area contributed by atoms with E-state index >= 15 is 0 Å². The van der Waals surface area contributed by atoms with Crippen LogP contribution in [0.5, 0.6) is 0 Å². The van der Waals surface area contributed by atoms with Crippen LogP contribution in [0.2, 0.25) is 0 Å². The predicted octanol–water partition coefficient (Wildman–Crippen LogP) is 4.25. The van der Waals surface area contributed by atoms with Gasteiger partial charge in [-0.25, -0.2) is 4.39 Å². The van der Waals surface area contributed by atoms with E-state index in [9.17, 15) is 4.39 Å². The Morgan fingerprint density at radius 1 is 1.30 bits per heavy atom. The zero-order chi connectivity index (χ0) is 14.7. The van der Waals surface area contributed by atoms with Gasteiger partial charge in [0.25, 0.3) is 0 Å². The Bertz CT molecular complexity index is 437. The third-order valence-electron chi connectivity index (χ3n) is 4.82. The fraction of sp³-hybridized carbons (Fsp3) is 0.647. The second-order valence-electron chi connectivity index (χ2n) is 6.19. The molecule has 2 nitrogen and oxygen atoms in total. The van der Waals surface area contributed by atoms with Gasteiger partial charge in [0.15, 0.2) is 0 Å². The number of halogens is 1. The van der Waals surface area contributed by atoms with E-state index in [-0.39, 0.29) is 11.9 Å². The predicted molar refractivity (Wildman–Crippen MR) is 83.4 cm³/mol. The lowest BCUT2D eigenvalue weighted by molar-refractivity contribution is 0.312. The summed E-state index contributed by atoms with van der Waals surface area (Å²) in [5.41, 5.74) is 7.36. The number of anilines is 1. The molecule has 0 aliphatic heterocycles. The second-order valence-corrected chi connectivity index (χ2v) is 6.19. The maximum Gasteiger partial charge on any atom is 0.146 e. The first-order valence-electron chi connectivity index (χ1n) is 7.80. The summed E-state index contributed by atoms with van der Waals surface area (Å²) in [7, 11) is 2.01.